The van der Waals surface area contributed by atoms with Gasteiger partial charge in [0.25, 0.3) is 0 Å². The van der Waals surface area contributed by atoms with Gasteiger partial charge in [-0.25, -0.2) is 0 Å². The van der Waals surface area contributed by atoms with Crippen molar-refractivity contribution in [3.63, 3.8) is 0 Å². The van der Waals surface area contributed by atoms with Gasteiger partial charge in [0, 0.05) is 23.3 Å². The third kappa shape index (κ3) is 4.17. The zero-order chi connectivity index (χ0) is 14.2. The molecule has 2 rings (SSSR count). The molecule has 1 aromatic carbocycles. The van der Waals surface area contributed by atoms with Crippen molar-refractivity contribution in [3.8, 4) is 5.75 Å². The maximum Gasteiger partial charge on any atom is 0.133 e. The Bertz CT molecular complexity index is 546. The first-order chi connectivity index (χ1) is 9.83. The first-order valence-corrected chi connectivity index (χ1v) is 8.00. The molecule has 0 unspecified atom stereocenters. The van der Waals surface area contributed by atoms with Gasteiger partial charge in [0.1, 0.15) is 12.4 Å². The zero-order valence-corrected chi connectivity index (χ0v) is 12.7. The molecular formula is C16H20N2OS. The Labute approximate surface area is 124 Å². The Morgan fingerprint density at radius 3 is 2.90 bits per heavy atom. The van der Waals surface area contributed by atoms with E-state index >= 15 is 0 Å². The normalized spacial score (nSPS) is 10.3. The molecule has 4 heteroatoms. The highest BCUT2D eigenvalue weighted by Crippen LogP contribution is 2.27. The molecule has 0 radical (unpaired) electrons. The number of pyridine rings is 1. The molecule has 0 amide bonds. The van der Waals surface area contributed by atoms with Crippen LogP contribution in [-0.4, -0.2) is 17.8 Å². The molecular weight excluding hydrogens is 268 g/mol. The van der Waals surface area contributed by atoms with Crippen molar-refractivity contribution < 1.29 is 4.74 Å². The number of nitrogens with zero attached hydrogens (tertiary/aromatic N) is 1. The molecule has 106 valence electrons. The lowest BCUT2D eigenvalue weighted by atomic mass is 10.3. The second-order valence-corrected chi connectivity index (χ2v) is 5.25. The van der Waals surface area contributed by atoms with Crippen LogP contribution in [0.4, 0.5) is 5.69 Å². The summed E-state index contributed by atoms with van der Waals surface area (Å²) >= 11 is 1.69. The number of ether oxygens (including phenoxy) is 1. The maximum absolute atomic E-state index is 5.86. The van der Waals surface area contributed by atoms with Crippen molar-refractivity contribution in [1.29, 1.82) is 0 Å². The van der Waals surface area contributed by atoms with Crippen LogP contribution >= 0.6 is 11.8 Å². The van der Waals surface area contributed by atoms with Gasteiger partial charge in [-0.05, 0) is 36.9 Å². The van der Waals surface area contributed by atoms with Gasteiger partial charge >= 0.3 is 0 Å². The fraction of sp³-hybridized carbons (Fsp3) is 0.312. The number of hydrogen-bond donors (Lipinski definition) is 1. The smallest absolute Gasteiger partial charge is 0.133 e. The van der Waals surface area contributed by atoms with Crippen molar-refractivity contribution in [2.45, 2.75) is 24.8 Å². The van der Waals surface area contributed by atoms with E-state index < -0.39 is 0 Å². The SMILES string of the molecule is CCCNc1ccnc(COc2ccccc2SC)c1. The van der Waals surface area contributed by atoms with Crippen LogP contribution in [0.5, 0.6) is 5.75 Å². The summed E-state index contributed by atoms with van der Waals surface area (Å²) in [5, 5.41) is 3.36. The number of para-hydroxylation sites is 1. The van der Waals surface area contributed by atoms with E-state index in [2.05, 4.69) is 29.5 Å². The lowest BCUT2D eigenvalue weighted by Crippen LogP contribution is -2.03. The summed E-state index contributed by atoms with van der Waals surface area (Å²) < 4.78 is 5.86. The Kier molecular flexibility index (Phi) is 5.74. The largest absolute Gasteiger partial charge is 0.486 e. The van der Waals surface area contributed by atoms with E-state index in [0.717, 1.165) is 35.0 Å². The number of aromatic nitrogens is 1. The number of benzene rings is 1. The minimum Gasteiger partial charge on any atom is -0.486 e. The number of anilines is 1. The zero-order valence-electron chi connectivity index (χ0n) is 11.9. The van der Waals surface area contributed by atoms with E-state index in [0.29, 0.717) is 6.61 Å². The molecule has 0 spiro atoms. The van der Waals surface area contributed by atoms with E-state index in [1.807, 2.05) is 36.5 Å². The molecule has 3 nitrogen and oxygen atoms in total. The fourth-order valence-corrected chi connectivity index (χ4v) is 2.37. The molecule has 1 aromatic heterocycles. The summed E-state index contributed by atoms with van der Waals surface area (Å²) in [6.07, 6.45) is 4.97. The van der Waals surface area contributed by atoms with Crippen LogP contribution in [-0.2, 0) is 6.61 Å². The predicted molar refractivity (Wildman–Crippen MR) is 85.6 cm³/mol. The van der Waals surface area contributed by atoms with Crippen LogP contribution in [0, 0.1) is 0 Å². The number of rotatable bonds is 7. The quantitative estimate of drug-likeness (QED) is 0.774. The molecule has 0 saturated heterocycles. The van der Waals surface area contributed by atoms with E-state index in [4.69, 9.17) is 4.74 Å². The lowest BCUT2D eigenvalue weighted by molar-refractivity contribution is 0.294. The summed E-state index contributed by atoms with van der Waals surface area (Å²) in [6, 6.07) is 12.1. The molecule has 0 saturated carbocycles. The number of thioether (sulfide) groups is 1. The Balaban J connectivity index is 1.99. The monoisotopic (exact) mass is 288 g/mol. The Morgan fingerprint density at radius 2 is 2.10 bits per heavy atom. The lowest BCUT2D eigenvalue weighted by Gasteiger charge is -2.10. The van der Waals surface area contributed by atoms with Gasteiger partial charge in [-0.2, -0.15) is 0 Å². The highest BCUT2D eigenvalue weighted by Gasteiger charge is 2.03. The minimum atomic E-state index is 0.485. The summed E-state index contributed by atoms with van der Waals surface area (Å²) in [7, 11) is 0. The third-order valence-corrected chi connectivity index (χ3v) is 3.62. The predicted octanol–water partition coefficient (Wildman–Crippen LogP) is 4.20. The van der Waals surface area contributed by atoms with Crippen LogP contribution < -0.4 is 10.1 Å². The van der Waals surface area contributed by atoms with Crippen molar-refractivity contribution in [2.75, 3.05) is 18.1 Å². The summed E-state index contributed by atoms with van der Waals surface area (Å²) in [6.45, 7) is 3.61. The van der Waals surface area contributed by atoms with Gasteiger partial charge in [0.15, 0.2) is 0 Å². The first kappa shape index (κ1) is 14.7. The van der Waals surface area contributed by atoms with Crippen LogP contribution in [0.25, 0.3) is 0 Å². The second kappa shape index (κ2) is 7.80. The molecule has 2 aromatic rings. The Morgan fingerprint density at radius 1 is 1.25 bits per heavy atom. The molecule has 1 N–H and O–H groups in total. The van der Waals surface area contributed by atoms with Crippen molar-refractivity contribution in [1.82, 2.24) is 4.98 Å². The second-order valence-electron chi connectivity index (χ2n) is 4.40. The Hall–Kier alpha value is -1.68. The average Bonchev–Trinajstić information content (AvgIpc) is 2.51. The summed E-state index contributed by atoms with van der Waals surface area (Å²) in [5.74, 6) is 0.911. The van der Waals surface area contributed by atoms with Crippen LogP contribution in [0.3, 0.4) is 0 Å². The van der Waals surface area contributed by atoms with Crippen LogP contribution in [0.15, 0.2) is 47.5 Å². The van der Waals surface area contributed by atoms with Gasteiger partial charge in [0.2, 0.25) is 0 Å². The number of nitrogens with one attached hydrogen (secondary N) is 1. The van der Waals surface area contributed by atoms with E-state index in [1.165, 1.54) is 0 Å². The molecule has 0 aliphatic rings. The third-order valence-electron chi connectivity index (χ3n) is 2.84. The van der Waals surface area contributed by atoms with Crippen molar-refractivity contribution >= 4 is 17.4 Å². The van der Waals surface area contributed by atoms with Crippen molar-refractivity contribution in [3.05, 3.63) is 48.3 Å². The van der Waals surface area contributed by atoms with E-state index in [1.54, 1.807) is 11.8 Å². The topological polar surface area (TPSA) is 34.2 Å². The molecule has 1 heterocycles. The average molecular weight is 288 g/mol. The highest BCUT2D eigenvalue weighted by atomic mass is 32.2. The molecule has 0 fully saturated rings. The standard InChI is InChI=1S/C16H20N2OS/c1-3-9-17-13-8-10-18-14(11-13)12-19-15-6-4-5-7-16(15)20-2/h4-8,10-11H,3,9,12H2,1-2H3,(H,17,18). The highest BCUT2D eigenvalue weighted by molar-refractivity contribution is 7.98. The molecule has 20 heavy (non-hydrogen) atoms. The molecule has 0 atom stereocenters. The number of hydrogen-bond acceptors (Lipinski definition) is 4. The van der Waals surface area contributed by atoms with Gasteiger partial charge in [-0.15, -0.1) is 11.8 Å². The summed E-state index contributed by atoms with van der Waals surface area (Å²) in [5.41, 5.74) is 2.03. The molecule has 0 aliphatic heterocycles. The van der Waals surface area contributed by atoms with Gasteiger partial charge in [-0.1, -0.05) is 19.1 Å². The van der Waals surface area contributed by atoms with E-state index in [-0.39, 0.29) is 0 Å². The molecule has 0 bridgehead atoms. The maximum atomic E-state index is 5.86. The molecule has 0 aliphatic carbocycles. The van der Waals surface area contributed by atoms with Gasteiger partial charge in [-0.3, -0.25) is 4.98 Å². The first-order valence-electron chi connectivity index (χ1n) is 6.78. The van der Waals surface area contributed by atoms with E-state index in [9.17, 15) is 0 Å². The van der Waals surface area contributed by atoms with Gasteiger partial charge in [0.05, 0.1) is 5.69 Å². The van der Waals surface area contributed by atoms with Gasteiger partial charge < -0.3 is 10.1 Å². The van der Waals surface area contributed by atoms with Crippen molar-refractivity contribution in [2.24, 2.45) is 0 Å². The van der Waals surface area contributed by atoms with Crippen LogP contribution in [0.1, 0.15) is 19.0 Å². The minimum absolute atomic E-state index is 0.485. The van der Waals surface area contributed by atoms with Crippen LogP contribution in [0.2, 0.25) is 0 Å². The fourth-order valence-electron chi connectivity index (χ4n) is 1.83. The summed E-state index contributed by atoms with van der Waals surface area (Å²) in [4.78, 5) is 5.49.